The Labute approximate surface area is 184 Å². The predicted octanol–water partition coefficient (Wildman–Crippen LogP) is 6.16. The predicted molar refractivity (Wildman–Crippen MR) is 128 cm³/mol. The Hall–Kier alpha value is -2.67. The van der Waals surface area contributed by atoms with Crippen LogP contribution in [-0.4, -0.2) is 23.3 Å². The van der Waals surface area contributed by atoms with Gasteiger partial charge in [0.2, 0.25) is 5.89 Å². The van der Waals surface area contributed by atoms with E-state index in [0.717, 1.165) is 22.1 Å². The van der Waals surface area contributed by atoms with Gasteiger partial charge in [-0.1, -0.05) is 30.3 Å². The highest BCUT2D eigenvalue weighted by Crippen LogP contribution is 2.40. The Bertz CT molecular complexity index is 1420. The minimum Gasteiger partial charge on any atom is -0.436 e. The van der Waals surface area contributed by atoms with Gasteiger partial charge in [-0.05, 0) is 63.4 Å². The lowest BCUT2D eigenvalue weighted by Gasteiger charge is -2.32. The lowest BCUT2D eigenvalue weighted by Crippen LogP contribution is -2.41. The van der Waals surface area contributed by atoms with Gasteiger partial charge in [0.05, 0.1) is 11.2 Å². The lowest BCUT2D eigenvalue weighted by atomic mass is 9.78. The fraction of sp³-hybridized carbons (Fsp3) is 0.240. The first-order chi connectivity index (χ1) is 14.8. The Morgan fingerprint density at radius 3 is 2.39 bits per heavy atom. The first kappa shape index (κ1) is 19.1. The summed E-state index contributed by atoms with van der Waals surface area (Å²) < 4.78 is 21.1. The lowest BCUT2D eigenvalue weighted by molar-refractivity contribution is 0.00578. The topological polar surface area (TPSA) is 44.5 Å². The van der Waals surface area contributed by atoms with Crippen LogP contribution < -0.4 is 5.46 Å². The van der Waals surface area contributed by atoms with Crippen molar-refractivity contribution in [3.63, 3.8) is 0 Å². The van der Waals surface area contributed by atoms with Crippen LogP contribution in [0.15, 0.2) is 65.1 Å². The minimum absolute atomic E-state index is 0.364. The number of benzene rings is 3. The van der Waals surface area contributed by atoms with E-state index in [1.165, 1.54) is 20.2 Å². The number of thiophene rings is 1. The first-order valence-electron chi connectivity index (χ1n) is 10.5. The van der Waals surface area contributed by atoms with Crippen molar-refractivity contribution in [2.45, 2.75) is 38.9 Å². The molecular formula is C25H22BNO3S. The van der Waals surface area contributed by atoms with Crippen molar-refractivity contribution in [2.24, 2.45) is 0 Å². The van der Waals surface area contributed by atoms with Crippen molar-refractivity contribution >= 4 is 55.2 Å². The number of fused-ring (bicyclic) bond motifs is 4. The van der Waals surface area contributed by atoms with Crippen LogP contribution in [0.2, 0.25) is 0 Å². The number of hydrogen-bond acceptors (Lipinski definition) is 5. The zero-order chi connectivity index (χ0) is 21.4. The maximum atomic E-state index is 6.34. The summed E-state index contributed by atoms with van der Waals surface area (Å²) in [6.45, 7) is 8.35. The molecule has 0 amide bonds. The summed E-state index contributed by atoms with van der Waals surface area (Å²) >= 11 is 1.77. The molecule has 3 aromatic carbocycles. The highest BCUT2D eigenvalue weighted by Gasteiger charge is 2.52. The molecule has 5 aromatic rings. The molecule has 0 N–H and O–H groups in total. The van der Waals surface area contributed by atoms with Crippen molar-refractivity contribution in [1.82, 2.24) is 4.98 Å². The van der Waals surface area contributed by atoms with Crippen LogP contribution in [0.5, 0.6) is 0 Å². The molecule has 2 aromatic heterocycles. The monoisotopic (exact) mass is 427 g/mol. The summed E-state index contributed by atoms with van der Waals surface area (Å²) in [5, 5.41) is 2.39. The summed E-state index contributed by atoms with van der Waals surface area (Å²) in [5.41, 5.74) is 3.00. The molecule has 0 saturated carbocycles. The largest absolute Gasteiger partial charge is 0.496 e. The molecular weight excluding hydrogens is 405 g/mol. The average Bonchev–Trinajstić information content (AvgIpc) is 3.38. The molecule has 1 saturated heterocycles. The van der Waals surface area contributed by atoms with Crippen molar-refractivity contribution in [3.8, 4) is 11.5 Å². The van der Waals surface area contributed by atoms with E-state index < -0.39 is 0 Å². The molecule has 0 atom stereocenters. The van der Waals surface area contributed by atoms with Gasteiger partial charge < -0.3 is 13.7 Å². The number of para-hydroxylation sites is 2. The first-order valence-corrected chi connectivity index (χ1v) is 11.3. The number of aromatic nitrogens is 1. The maximum Gasteiger partial charge on any atom is 0.496 e. The summed E-state index contributed by atoms with van der Waals surface area (Å²) in [7, 11) is -0.377. The quantitative estimate of drug-likeness (QED) is 0.317. The van der Waals surface area contributed by atoms with Gasteiger partial charge in [0, 0.05) is 25.8 Å². The number of rotatable bonds is 2. The standard InChI is InChI=1S/C25H22BNO3S/c1-24(2)25(3,4)30-26(29-24)18-9-7-8-16-17-14-15(12-13-21(17)31-22(16)18)23-27-19-10-5-6-11-20(19)28-23/h5-14H,1-4H3. The molecule has 0 unspecified atom stereocenters. The fourth-order valence-corrected chi connectivity index (χ4v) is 5.31. The van der Waals surface area contributed by atoms with Crippen molar-refractivity contribution in [2.75, 3.05) is 0 Å². The second kappa shape index (κ2) is 6.42. The van der Waals surface area contributed by atoms with Crippen molar-refractivity contribution in [3.05, 3.63) is 60.7 Å². The SMILES string of the molecule is CC1(C)OB(c2cccc3c2sc2ccc(-c4nc5ccccc5o4)cc23)OC1(C)C. The average molecular weight is 427 g/mol. The molecule has 0 aliphatic carbocycles. The van der Waals surface area contributed by atoms with E-state index in [2.05, 4.69) is 69.1 Å². The Balaban J connectivity index is 1.49. The van der Waals surface area contributed by atoms with Gasteiger partial charge in [0.25, 0.3) is 0 Å². The van der Waals surface area contributed by atoms with E-state index in [1.54, 1.807) is 11.3 Å². The summed E-state index contributed by atoms with van der Waals surface area (Å²) in [4.78, 5) is 4.66. The van der Waals surface area contributed by atoms with Gasteiger partial charge >= 0.3 is 7.12 Å². The molecule has 4 nitrogen and oxygen atoms in total. The Morgan fingerprint density at radius 2 is 1.61 bits per heavy atom. The molecule has 154 valence electrons. The number of oxazole rings is 1. The zero-order valence-electron chi connectivity index (χ0n) is 17.9. The molecule has 6 heteroatoms. The molecule has 6 rings (SSSR count). The molecule has 3 heterocycles. The van der Waals surface area contributed by atoms with Crippen LogP contribution in [-0.2, 0) is 9.31 Å². The number of nitrogens with zero attached hydrogens (tertiary/aromatic N) is 1. The van der Waals surface area contributed by atoms with E-state index >= 15 is 0 Å². The van der Waals surface area contributed by atoms with Crippen LogP contribution in [0.1, 0.15) is 27.7 Å². The van der Waals surface area contributed by atoms with Crippen molar-refractivity contribution < 1.29 is 13.7 Å². The van der Waals surface area contributed by atoms with Crippen molar-refractivity contribution in [1.29, 1.82) is 0 Å². The fourth-order valence-electron chi connectivity index (χ4n) is 4.10. The molecule has 1 fully saturated rings. The van der Waals surface area contributed by atoms with E-state index in [0.29, 0.717) is 5.89 Å². The highest BCUT2D eigenvalue weighted by molar-refractivity contribution is 7.27. The third-order valence-corrected chi connectivity index (χ3v) is 7.81. The van der Waals surface area contributed by atoms with Gasteiger partial charge in [0.15, 0.2) is 5.58 Å². The van der Waals surface area contributed by atoms with Crippen LogP contribution in [0, 0.1) is 0 Å². The van der Waals surface area contributed by atoms with E-state index in [1.807, 2.05) is 24.3 Å². The second-order valence-corrected chi connectivity index (χ2v) is 10.2. The van der Waals surface area contributed by atoms with Gasteiger partial charge in [-0.2, -0.15) is 0 Å². The summed E-state index contributed by atoms with van der Waals surface area (Å²) in [5.74, 6) is 0.643. The number of hydrogen-bond donors (Lipinski definition) is 0. The third kappa shape index (κ3) is 2.86. The summed E-state index contributed by atoms with van der Waals surface area (Å²) in [6.07, 6.45) is 0. The maximum absolute atomic E-state index is 6.34. The van der Waals surface area contributed by atoms with E-state index in [9.17, 15) is 0 Å². The highest BCUT2D eigenvalue weighted by atomic mass is 32.1. The summed E-state index contributed by atoms with van der Waals surface area (Å²) in [6, 6.07) is 20.6. The zero-order valence-corrected chi connectivity index (χ0v) is 18.7. The van der Waals surface area contributed by atoms with Crippen LogP contribution in [0.25, 0.3) is 42.7 Å². The van der Waals surface area contributed by atoms with Gasteiger partial charge in [0.1, 0.15) is 5.52 Å². The third-order valence-electron chi connectivity index (χ3n) is 6.58. The van der Waals surface area contributed by atoms with Crippen LogP contribution >= 0.6 is 11.3 Å². The molecule has 0 radical (unpaired) electrons. The van der Waals surface area contributed by atoms with Crippen LogP contribution in [0.4, 0.5) is 0 Å². The molecule has 31 heavy (non-hydrogen) atoms. The molecule has 0 bridgehead atoms. The van der Waals surface area contributed by atoms with E-state index in [4.69, 9.17) is 13.7 Å². The second-order valence-electron chi connectivity index (χ2n) is 9.11. The smallest absolute Gasteiger partial charge is 0.436 e. The molecule has 1 aliphatic rings. The molecule has 1 aliphatic heterocycles. The van der Waals surface area contributed by atoms with Crippen LogP contribution in [0.3, 0.4) is 0 Å². The normalized spacial score (nSPS) is 17.9. The molecule has 0 spiro atoms. The minimum atomic E-state index is -0.377. The van der Waals surface area contributed by atoms with E-state index in [-0.39, 0.29) is 18.3 Å². The Morgan fingerprint density at radius 1 is 0.839 bits per heavy atom. The van der Waals surface area contributed by atoms with Gasteiger partial charge in [-0.25, -0.2) is 4.98 Å². The van der Waals surface area contributed by atoms with Gasteiger partial charge in [-0.15, -0.1) is 11.3 Å². The van der Waals surface area contributed by atoms with Gasteiger partial charge in [-0.3, -0.25) is 0 Å². The Kier molecular flexibility index (Phi) is 3.95.